The van der Waals surface area contributed by atoms with E-state index in [0.29, 0.717) is 0 Å². The van der Waals surface area contributed by atoms with Crippen LogP contribution < -0.4 is 10.2 Å². The number of likely N-dealkylation sites (tertiary alicyclic amines) is 1. The Morgan fingerprint density at radius 2 is 1.77 bits per heavy atom. The molecule has 0 radical (unpaired) electrons. The maximum Gasteiger partial charge on any atom is 0.263 e. The van der Waals surface area contributed by atoms with E-state index in [9.17, 15) is 9.59 Å². The summed E-state index contributed by atoms with van der Waals surface area (Å²) in [4.78, 5) is 32.0. The average Bonchev–Trinajstić information content (AvgIpc) is 3.49. The Balaban J connectivity index is 1.20. The monoisotopic (exact) mass is 439 g/mol. The third-order valence-electron chi connectivity index (χ3n) is 6.57. The molecule has 1 aromatic carbocycles. The standard InChI is InChI=1S/C24H29N3O3S/c28-23(25-19-4-6-20(7-5-19)26-11-13-30-14-12-26)17-3-8-21-18(15-17)16-22(31-21)24(29)27-9-1-2-10-27/h4-7,16-17H,1-3,8-15H2,(H,25,28)/t17-/m1/s1. The highest BCUT2D eigenvalue weighted by Crippen LogP contribution is 2.34. The van der Waals surface area contributed by atoms with Crippen LogP contribution in [0.3, 0.4) is 0 Å². The molecule has 5 rings (SSSR count). The highest BCUT2D eigenvalue weighted by atomic mass is 32.1. The quantitative estimate of drug-likeness (QED) is 0.791. The minimum atomic E-state index is -0.0456. The van der Waals surface area contributed by atoms with Crippen molar-refractivity contribution in [2.75, 3.05) is 49.6 Å². The van der Waals surface area contributed by atoms with Gasteiger partial charge in [-0.3, -0.25) is 9.59 Å². The van der Waals surface area contributed by atoms with Gasteiger partial charge in [-0.1, -0.05) is 0 Å². The topological polar surface area (TPSA) is 61.9 Å². The maximum atomic E-state index is 12.9. The number of amides is 2. The molecule has 31 heavy (non-hydrogen) atoms. The summed E-state index contributed by atoms with van der Waals surface area (Å²) in [7, 11) is 0. The van der Waals surface area contributed by atoms with E-state index in [-0.39, 0.29) is 17.7 Å². The van der Waals surface area contributed by atoms with E-state index >= 15 is 0 Å². The van der Waals surface area contributed by atoms with E-state index in [1.807, 2.05) is 23.1 Å². The summed E-state index contributed by atoms with van der Waals surface area (Å²) in [6.45, 7) is 5.07. The lowest BCUT2D eigenvalue weighted by molar-refractivity contribution is -0.120. The number of anilines is 2. The average molecular weight is 440 g/mol. The van der Waals surface area contributed by atoms with Gasteiger partial charge in [0.2, 0.25) is 5.91 Å². The summed E-state index contributed by atoms with van der Waals surface area (Å²) in [5.74, 6) is 0.192. The summed E-state index contributed by atoms with van der Waals surface area (Å²) < 4.78 is 5.41. The second kappa shape index (κ2) is 9.01. The smallest absolute Gasteiger partial charge is 0.263 e. The molecule has 2 amide bonds. The third-order valence-corrected chi connectivity index (χ3v) is 7.79. The summed E-state index contributed by atoms with van der Waals surface area (Å²) in [6.07, 6.45) is 4.64. The first-order valence-electron chi connectivity index (χ1n) is 11.3. The first-order valence-corrected chi connectivity index (χ1v) is 12.1. The van der Waals surface area contributed by atoms with Crippen LogP contribution in [0.2, 0.25) is 0 Å². The molecule has 6 nitrogen and oxygen atoms in total. The lowest BCUT2D eigenvalue weighted by atomic mass is 9.87. The van der Waals surface area contributed by atoms with Gasteiger partial charge >= 0.3 is 0 Å². The number of carbonyl (C=O) groups excluding carboxylic acids is 2. The molecule has 2 fully saturated rings. The van der Waals surface area contributed by atoms with Gasteiger partial charge in [0.05, 0.1) is 18.1 Å². The first kappa shape index (κ1) is 20.5. The van der Waals surface area contributed by atoms with Gasteiger partial charge in [-0.2, -0.15) is 0 Å². The van der Waals surface area contributed by atoms with E-state index < -0.39 is 0 Å². The highest BCUT2D eigenvalue weighted by molar-refractivity contribution is 7.14. The van der Waals surface area contributed by atoms with Crippen molar-refractivity contribution in [1.82, 2.24) is 4.90 Å². The molecule has 7 heteroatoms. The number of benzene rings is 1. The van der Waals surface area contributed by atoms with Crippen LogP contribution in [-0.2, 0) is 22.4 Å². The number of ether oxygens (including phenoxy) is 1. The molecule has 1 aromatic heterocycles. The number of fused-ring (bicyclic) bond motifs is 1. The Morgan fingerprint density at radius 1 is 1.03 bits per heavy atom. The largest absolute Gasteiger partial charge is 0.378 e. The van der Waals surface area contributed by atoms with Gasteiger partial charge in [0.15, 0.2) is 0 Å². The molecular formula is C24H29N3O3S. The lowest BCUT2D eigenvalue weighted by Crippen LogP contribution is -2.36. The van der Waals surface area contributed by atoms with Crippen molar-refractivity contribution in [3.63, 3.8) is 0 Å². The van der Waals surface area contributed by atoms with Crippen molar-refractivity contribution in [3.05, 3.63) is 45.6 Å². The van der Waals surface area contributed by atoms with Crippen molar-refractivity contribution in [2.45, 2.75) is 32.1 Å². The van der Waals surface area contributed by atoms with Crippen LogP contribution >= 0.6 is 11.3 Å². The number of hydrogen-bond donors (Lipinski definition) is 1. The van der Waals surface area contributed by atoms with Crippen molar-refractivity contribution in [3.8, 4) is 0 Å². The minimum absolute atomic E-state index is 0.0456. The number of rotatable bonds is 4. The van der Waals surface area contributed by atoms with Gasteiger partial charge in [-0.05, 0) is 68.0 Å². The van der Waals surface area contributed by atoms with Crippen LogP contribution in [0.1, 0.15) is 39.4 Å². The van der Waals surface area contributed by atoms with E-state index in [1.54, 1.807) is 11.3 Å². The second-order valence-corrected chi connectivity index (χ2v) is 9.77. The van der Waals surface area contributed by atoms with E-state index in [0.717, 1.165) is 87.7 Å². The summed E-state index contributed by atoms with van der Waals surface area (Å²) in [5.41, 5.74) is 3.18. The zero-order valence-corrected chi connectivity index (χ0v) is 18.6. The fourth-order valence-electron chi connectivity index (χ4n) is 4.75. The highest BCUT2D eigenvalue weighted by Gasteiger charge is 2.29. The molecule has 3 heterocycles. The zero-order chi connectivity index (χ0) is 21.2. The summed E-state index contributed by atoms with van der Waals surface area (Å²) >= 11 is 1.63. The molecular weight excluding hydrogens is 410 g/mol. The van der Waals surface area contributed by atoms with Gasteiger partial charge < -0.3 is 19.9 Å². The van der Waals surface area contributed by atoms with Crippen LogP contribution in [0.5, 0.6) is 0 Å². The Morgan fingerprint density at radius 3 is 2.52 bits per heavy atom. The van der Waals surface area contributed by atoms with Crippen molar-refractivity contribution >= 4 is 34.5 Å². The van der Waals surface area contributed by atoms with E-state index in [1.165, 1.54) is 10.4 Å². The third kappa shape index (κ3) is 4.48. The van der Waals surface area contributed by atoms with Crippen LogP contribution in [0.15, 0.2) is 30.3 Å². The molecule has 2 aromatic rings. The molecule has 1 N–H and O–H groups in total. The predicted octanol–water partition coefficient (Wildman–Crippen LogP) is 3.56. The van der Waals surface area contributed by atoms with Gasteiger partial charge in [0, 0.05) is 48.3 Å². The van der Waals surface area contributed by atoms with Crippen LogP contribution in [0.25, 0.3) is 0 Å². The molecule has 2 saturated heterocycles. The summed E-state index contributed by atoms with van der Waals surface area (Å²) in [6, 6.07) is 10.1. The van der Waals surface area contributed by atoms with Gasteiger partial charge in [-0.25, -0.2) is 0 Å². The summed E-state index contributed by atoms with van der Waals surface area (Å²) in [5, 5.41) is 3.09. The zero-order valence-electron chi connectivity index (χ0n) is 17.8. The van der Waals surface area contributed by atoms with Gasteiger partial charge in [-0.15, -0.1) is 11.3 Å². The van der Waals surface area contributed by atoms with Gasteiger partial charge in [0.25, 0.3) is 5.91 Å². The first-order chi connectivity index (χ1) is 15.2. The maximum absolute atomic E-state index is 12.9. The molecule has 3 aliphatic rings. The molecule has 0 bridgehead atoms. The Labute approximate surface area is 187 Å². The number of thiophene rings is 1. The number of nitrogens with zero attached hydrogens (tertiary/aromatic N) is 2. The molecule has 2 aliphatic heterocycles. The van der Waals surface area contributed by atoms with E-state index in [4.69, 9.17) is 4.74 Å². The normalized spacial score (nSPS) is 21.1. The molecule has 1 atom stereocenters. The molecule has 0 spiro atoms. The fourth-order valence-corrected chi connectivity index (χ4v) is 5.93. The van der Waals surface area contributed by atoms with Crippen LogP contribution in [0.4, 0.5) is 11.4 Å². The molecule has 0 saturated carbocycles. The Bertz CT molecular complexity index is 943. The number of carbonyl (C=O) groups is 2. The number of aryl methyl sites for hydroxylation is 1. The van der Waals surface area contributed by atoms with Crippen LogP contribution in [-0.4, -0.2) is 56.1 Å². The molecule has 0 unspecified atom stereocenters. The fraction of sp³-hybridized carbons (Fsp3) is 0.500. The molecule has 164 valence electrons. The Hall–Kier alpha value is -2.38. The number of hydrogen-bond acceptors (Lipinski definition) is 5. The van der Waals surface area contributed by atoms with Crippen molar-refractivity contribution < 1.29 is 14.3 Å². The van der Waals surface area contributed by atoms with Crippen molar-refractivity contribution in [2.24, 2.45) is 5.92 Å². The minimum Gasteiger partial charge on any atom is -0.378 e. The molecule has 1 aliphatic carbocycles. The SMILES string of the molecule is O=C(Nc1ccc(N2CCOCC2)cc1)[C@@H]1CCc2sc(C(=O)N3CCCC3)cc2C1. The Kier molecular flexibility index (Phi) is 5.96. The van der Waals surface area contributed by atoms with Crippen LogP contribution in [0, 0.1) is 5.92 Å². The van der Waals surface area contributed by atoms with Crippen molar-refractivity contribution in [1.29, 1.82) is 0 Å². The second-order valence-electron chi connectivity index (χ2n) is 8.63. The predicted molar refractivity (Wildman–Crippen MR) is 123 cm³/mol. The lowest BCUT2D eigenvalue weighted by Gasteiger charge is -2.29. The number of morpholine rings is 1. The van der Waals surface area contributed by atoms with Gasteiger partial charge in [0.1, 0.15) is 0 Å². The van der Waals surface area contributed by atoms with E-state index in [2.05, 4.69) is 22.3 Å². The number of nitrogens with one attached hydrogen (secondary N) is 1.